The Balaban J connectivity index is 1.39. The molecule has 25 heavy (non-hydrogen) atoms. The van der Waals surface area contributed by atoms with Crippen molar-refractivity contribution in [2.24, 2.45) is 0 Å². The van der Waals surface area contributed by atoms with Gasteiger partial charge in [0.2, 0.25) is 0 Å². The minimum absolute atomic E-state index is 0.0908. The highest BCUT2D eigenvalue weighted by Gasteiger charge is 2.33. The molecule has 1 aromatic heterocycles. The summed E-state index contributed by atoms with van der Waals surface area (Å²) in [6.45, 7) is 5.02. The van der Waals surface area contributed by atoms with Crippen LogP contribution in [0.3, 0.4) is 0 Å². The van der Waals surface area contributed by atoms with E-state index in [1.165, 1.54) is 0 Å². The lowest BCUT2D eigenvalue weighted by Crippen LogP contribution is -2.43. The van der Waals surface area contributed by atoms with E-state index >= 15 is 0 Å². The summed E-state index contributed by atoms with van der Waals surface area (Å²) in [4.78, 5) is 17.0. The van der Waals surface area contributed by atoms with Gasteiger partial charge >= 0.3 is 0 Å². The standard InChI is InChI=1S/C19H22N4O2/c1-14-7-8-18(21-20-14)22-9-4-10-23(12-11-22)19(24)17-13-15-5-2-3-6-16(15)25-17/h2-3,5-8,17H,4,9-13H2,1H3/t17-/m1/s1. The molecule has 0 radical (unpaired) electrons. The van der Waals surface area contributed by atoms with Gasteiger partial charge in [0.05, 0.1) is 5.69 Å². The Morgan fingerprint density at radius 3 is 2.76 bits per heavy atom. The van der Waals surface area contributed by atoms with Crippen LogP contribution in [0, 0.1) is 6.92 Å². The lowest BCUT2D eigenvalue weighted by Gasteiger charge is -2.24. The first-order chi connectivity index (χ1) is 12.2. The quantitative estimate of drug-likeness (QED) is 0.836. The van der Waals surface area contributed by atoms with E-state index in [4.69, 9.17) is 4.74 Å². The molecule has 6 nitrogen and oxygen atoms in total. The average Bonchev–Trinajstić information content (AvgIpc) is 2.92. The molecule has 0 bridgehead atoms. The summed E-state index contributed by atoms with van der Waals surface area (Å²) < 4.78 is 5.86. The number of para-hydroxylation sites is 1. The number of carbonyl (C=O) groups excluding carboxylic acids is 1. The number of ether oxygens (including phenoxy) is 1. The van der Waals surface area contributed by atoms with E-state index < -0.39 is 0 Å². The third-order valence-electron chi connectivity index (χ3n) is 4.84. The van der Waals surface area contributed by atoms with Crippen LogP contribution in [0.2, 0.25) is 0 Å². The van der Waals surface area contributed by atoms with Crippen LogP contribution in [0.4, 0.5) is 5.82 Å². The number of fused-ring (bicyclic) bond motifs is 1. The van der Waals surface area contributed by atoms with Crippen LogP contribution >= 0.6 is 0 Å². The third kappa shape index (κ3) is 3.29. The smallest absolute Gasteiger partial charge is 0.264 e. The average molecular weight is 338 g/mol. The number of aryl methyl sites for hydroxylation is 1. The fourth-order valence-electron chi connectivity index (χ4n) is 3.45. The number of rotatable bonds is 2. The van der Waals surface area contributed by atoms with Crippen LogP contribution in [0.5, 0.6) is 5.75 Å². The molecular weight excluding hydrogens is 316 g/mol. The molecule has 2 aliphatic rings. The van der Waals surface area contributed by atoms with Crippen molar-refractivity contribution in [1.82, 2.24) is 15.1 Å². The molecule has 0 saturated carbocycles. The highest BCUT2D eigenvalue weighted by molar-refractivity contribution is 5.82. The maximum Gasteiger partial charge on any atom is 0.264 e. The molecule has 0 unspecified atom stereocenters. The largest absolute Gasteiger partial charge is 0.480 e. The summed E-state index contributed by atoms with van der Waals surface area (Å²) in [6.07, 6.45) is 1.20. The van der Waals surface area contributed by atoms with Crippen LogP contribution < -0.4 is 9.64 Å². The lowest BCUT2D eigenvalue weighted by atomic mass is 10.1. The maximum absolute atomic E-state index is 12.9. The summed E-state index contributed by atoms with van der Waals surface area (Å²) in [6, 6.07) is 11.9. The molecule has 1 amide bonds. The molecule has 4 rings (SSSR count). The third-order valence-corrected chi connectivity index (χ3v) is 4.84. The van der Waals surface area contributed by atoms with Gasteiger partial charge in [-0.15, -0.1) is 5.10 Å². The predicted octanol–water partition coefficient (Wildman–Crippen LogP) is 1.83. The number of anilines is 1. The SMILES string of the molecule is Cc1ccc(N2CCCN(C(=O)[C@H]3Cc4ccccc4O3)CC2)nn1. The molecule has 0 aliphatic carbocycles. The van der Waals surface area contributed by atoms with E-state index in [0.717, 1.165) is 48.9 Å². The molecule has 1 aromatic carbocycles. The zero-order valence-corrected chi connectivity index (χ0v) is 14.4. The van der Waals surface area contributed by atoms with Crippen LogP contribution in [-0.2, 0) is 11.2 Å². The van der Waals surface area contributed by atoms with E-state index in [9.17, 15) is 4.79 Å². The topological polar surface area (TPSA) is 58.6 Å². The zero-order valence-electron chi connectivity index (χ0n) is 14.4. The Hall–Kier alpha value is -2.63. The molecule has 1 atom stereocenters. The van der Waals surface area contributed by atoms with Crippen molar-refractivity contribution in [3.63, 3.8) is 0 Å². The lowest BCUT2D eigenvalue weighted by molar-refractivity contribution is -0.137. The van der Waals surface area contributed by atoms with Gasteiger partial charge in [-0.05, 0) is 37.1 Å². The molecule has 0 spiro atoms. The highest BCUT2D eigenvalue weighted by atomic mass is 16.5. The Morgan fingerprint density at radius 1 is 1.08 bits per heavy atom. The first-order valence-corrected chi connectivity index (χ1v) is 8.79. The number of hydrogen-bond acceptors (Lipinski definition) is 5. The Morgan fingerprint density at radius 2 is 1.96 bits per heavy atom. The number of carbonyl (C=O) groups is 1. The Kier molecular flexibility index (Phi) is 4.26. The first-order valence-electron chi connectivity index (χ1n) is 8.79. The summed E-state index contributed by atoms with van der Waals surface area (Å²) in [5.74, 6) is 1.81. The van der Waals surface area contributed by atoms with Crippen molar-refractivity contribution in [3.8, 4) is 5.75 Å². The zero-order chi connectivity index (χ0) is 17.2. The van der Waals surface area contributed by atoms with Gasteiger partial charge in [-0.25, -0.2) is 0 Å². The van der Waals surface area contributed by atoms with Crippen molar-refractivity contribution in [2.75, 3.05) is 31.1 Å². The van der Waals surface area contributed by atoms with Gasteiger partial charge in [0, 0.05) is 32.6 Å². The van der Waals surface area contributed by atoms with E-state index in [1.807, 2.05) is 48.2 Å². The molecule has 1 saturated heterocycles. The second-order valence-corrected chi connectivity index (χ2v) is 6.62. The van der Waals surface area contributed by atoms with Crippen LogP contribution in [0.15, 0.2) is 36.4 Å². The highest BCUT2D eigenvalue weighted by Crippen LogP contribution is 2.29. The molecular formula is C19H22N4O2. The number of benzene rings is 1. The Labute approximate surface area is 147 Å². The van der Waals surface area contributed by atoms with Gasteiger partial charge in [0.15, 0.2) is 11.9 Å². The molecule has 130 valence electrons. The van der Waals surface area contributed by atoms with Gasteiger partial charge in [0.25, 0.3) is 5.91 Å². The fourth-order valence-corrected chi connectivity index (χ4v) is 3.45. The van der Waals surface area contributed by atoms with Crippen LogP contribution in [0.25, 0.3) is 0 Å². The van der Waals surface area contributed by atoms with E-state index in [1.54, 1.807) is 0 Å². The fraction of sp³-hybridized carbons (Fsp3) is 0.421. The second-order valence-electron chi connectivity index (χ2n) is 6.62. The minimum atomic E-state index is -0.386. The minimum Gasteiger partial charge on any atom is -0.480 e. The van der Waals surface area contributed by atoms with Crippen LogP contribution in [-0.4, -0.2) is 53.3 Å². The Bertz CT molecular complexity index is 737. The van der Waals surface area contributed by atoms with E-state index in [0.29, 0.717) is 13.0 Å². The summed E-state index contributed by atoms with van der Waals surface area (Å²) >= 11 is 0. The number of aromatic nitrogens is 2. The van der Waals surface area contributed by atoms with Crippen molar-refractivity contribution in [2.45, 2.75) is 25.9 Å². The van der Waals surface area contributed by atoms with Gasteiger partial charge in [-0.1, -0.05) is 18.2 Å². The van der Waals surface area contributed by atoms with Crippen molar-refractivity contribution < 1.29 is 9.53 Å². The molecule has 0 N–H and O–H groups in total. The summed E-state index contributed by atoms with van der Waals surface area (Å²) in [5, 5.41) is 8.40. The maximum atomic E-state index is 12.9. The summed E-state index contributed by atoms with van der Waals surface area (Å²) in [7, 11) is 0. The summed E-state index contributed by atoms with van der Waals surface area (Å²) in [5.41, 5.74) is 2.03. The first kappa shape index (κ1) is 15.9. The van der Waals surface area contributed by atoms with Crippen LogP contribution in [0.1, 0.15) is 17.7 Å². The predicted molar refractivity (Wildman–Crippen MR) is 94.7 cm³/mol. The van der Waals surface area contributed by atoms with Crippen molar-refractivity contribution in [1.29, 1.82) is 0 Å². The molecule has 2 aliphatic heterocycles. The monoisotopic (exact) mass is 338 g/mol. The molecule has 1 fully saturated rings. The van der Waals surface area contributed by atoms with Crippen molar-refractivity contribution >= 4 is 11.7 Å². The number of hydrogen-bond donors (Lipinski definition) is 0. The van der Waals surface area contributed by atoms with Gasteiger partial charge in [-0.2, -0.15) is 5.10 Å². The van der Waals surface area contributed by atoms with Gasteiger partial charge in [0.1, 0.15) is 5.75 Å². The van der Waals surface area contributed by atoms with Gasteiger partial charge in [-0.3, -0.25) is 4.79 Å². The molecule has 6 heteroatoms. The van der Waals surface area contributed by atoms with E-state index in [2.05, 4.69) is 15.1 Å². The normalized spacial score (nSPS) is 20.0. The molecule has 2 aromatic rings. The van der Waals surface area contributed by atoms with E-state index in [-0.39, 0.29) is 12.0 Å². The van der Waals surface area contributed by atoms with Crippen molar-refractivity contribution in [3.05, 3.63) is 47.7 Å². The van der Waals surface area contributed by atoms with Gasteiger partial charge < -0.3 is 14.5 Å². The molecule has 3 heterocycles. The number of amides is 1. The number of nitrogens with zero attached hydrogens (tertiary/aromatic N) is 4. The second kappa shape index (κ2) is 6.70.